The van der Waals surface area contributed by atoms with E-state index < -0.39 is 11.9 Å². The zero-order chi connectivity index (χ0) is 21.7. The number of nitrogens with one attached hydrogen (secondary N) is 2. The van der Waals surface area contributed by atoms with Gasteiger partial charge in [0.25, 0.3) is 5.91 Å². The van der Waals surface area contributed by atoms with Crippen LogP contribution >= 0.6 is 11.8 Å². The number of amides is 2. The number of anilines is 1. The maximum Gasteiger partial charge on any atom is 0.255 e. The molecule has 0 saturated carbocycles. The largest absolute Gasteiger partial charge is 0.496 e. The molecular formula is C22H24N4O3S. The Morgan fingerprint density at radius 2 is 1.93 bits per heavy atom. The minimum Gasteiger partial charge on any atom is -0.496 e. The first-order valence-electron chi connectivity index (χ1n) is 9.36. The first kappa shape index (κ1) is 21.4. The zero-order valence-electron chi connectivity index (χ0n) is 17.1. The van der Waals surface area contributed by atoms with Crippen molar-refractivity contribution in [1.82, 2.24) is 5.32 Å². The third kappa shape index (κ3) is 5.01. The highest BCUT2D eigenvalue weighted by atomic mass is 32.2. The van der Waals surface area contributed by atoms with E-state index in [1.807, 2.05) is 62.4 Å². The van der Waals surface area contributed by atoms with Crippen LogP contribution in [0.5, 0.6) is 5.75 Å². The third-order valence-corrected chi connectivity index (χ3v) is 5.50. The summed E-state index contributed by atoms with van der Waals surface area (Å²) in [7, 11) is 1.61. The summed E-state index contributed by atoms with van der Waals surface area (Å²) in [6.07, 6.45) is 0. The van der Waals surface area contributed by atoms with Crippen LogP contribution in [0.4, 0.5) is 5.69 Å². The zero-order valence-corrected chi connectivity index (χ0v) is 17.9. The summed E-state index contributed by atoms with van der Waals surface area (Å²) in [6.45, 7) is 3.77. The van der Waals surface area contributed by atoms with Crippen molar-refractivity contribution >= 4 is 34.4 Å². The van der Waals surface area contributed by atoms with Gasteiger partial charge in [-0.05, 0) is 43.2 Å². The average Bonchev–Trinajstić information content (AvgIpc) is 2.72. The molecule has 8 heteroatoms. The van der Waals surface area contributed by atoms with Crippen molar-refractivity contribution in [3.63, 3.8) is 0 Å². The molecule has 0 aliphatic carbocycles. The number of amidine groups is 1. The molecule has 3 rings (SSSR count). The Labute approximate surface area is 179 Å². The molecule has 30 heavy (non-hydrogen) atoms. The molecule has 1 aliphatic rings. The van der Waals surface area contributed by atoms with Crippen LogP contribution in [0.15, 0.2) is 64.8 Å². The van der Waals surface area contributed by atoms with Gasteiger partial charge in [-0.2, -0.15) is 0 Å². The number of primary amides is 1. The lowest BCUT2D eigenvalue weighted by atomic mass is 9.94. The van der Waals surface area contributed by atoms with Crippen LogP contribution in [0.2, 0.25) is 0 Å². The van der Waals surface area contributed by atoms with Gasteiger partial charge in [0, 0.05) is 11.4 Å². The maximum absolute atomic E-state index is 13.2. The maximum atomic E-state index is 13.2. The molecule has 0 saturated heterocycles. The number of thioether (sulfide) groups is 1. The summed E-state index contributed by atoms with van der Waals surface area (Å²) in [4.78, 5) is 29.1. The average molecular weight is 425 g/mol. The Bertz CT molecular complexity index is 1020. The Hall–Kier alpha value is -3.26. The van der Waals surface area contributed by atoms with Crippen molar-refractivity contribution in [2.75, 3.05) is 18.2 Å². The van der Waals surface area contributed by atoms with Gasteiger partial charge in [0.15, 0.2) is 5.17 Å². The number of allylic oxidation sites excluding steroid dienone is 1. The highest BCUT2D eigenvalue weighted by Gasteiger charge is 2.30. The quantitative estimate of drug-likeness (QED) is 0.661. The summed E-state index contributed by atoms with van der Waals surface area (Å²) in [6, 6.07) is 14.4. The number of ether oxygens (including phenoxy) is 1. The molecule has 0 unspecified atom stereocenters. The third-order valence-electron chi connectivity index (χ3n) is 4.59. The standard InChI is InChI=1S/C22H24N4O3S/c1-13-9-10-15(11-17(13)29-3)20-19(21(28)25-16-7-5-4-6-8-16)14(2)24-22(26-20)30-12-18(23)27/h4-11,20H,12H2,1-3H3,(H2,23,27)(H,24,26)(H,25,28)/t20-/m0/s1. The predicted molar refractivity (Wildman–Crippen MR) is 120 cm³/mol. The van der Waals surface area contributed by atoms with E-state index in [0.717, 1.165) is 11.1 Å². The first-order valence-corrected chi connectivity index (χ1v) is 10.3. The molecule has 0 spiro atoms. The van der Waals surface area contributed by atoms with Gasteiger partial charge in [0.1, 0.15) is 11.8 Å². The second-order valence-corrected chi connectivity index (χ2v) is 7.77. The molecule has 7 nitrogen and oxygen atoms in total. The van der Waals surface area contributed by atoms with Gasteiger partial charge < -0.3 is 21.1 Å². The second kappa shape index (κ2) is 9.49. The Morgan fingerprint density at radius 3 is 2.60 bits per heavy atom. The summed E-state index contributed by atoms with van der Waals surface area (Å²) in [5.74, 6) is 0.119. The Balaban J connectivity index is 1.99. The van der Waals surface area contributed by atoms with Crippen LogP contribution in [-0.4, -0.2) is 29.8 Å². The highest BCUT2D eigenvalue weighted by Crippen LogP contribution is 2.35. The molecule has 2 aromatic rings. The van der Waals surface area contributed by atoms with Crippen molar-refractivity contribution in [2.45, 2.75) is 19.9 Å². The number of benzene rings is 2. The van der Waals surface area contributed by atoms with Gasteiger partial charge in [0.05, 0.1) is 18.4 Å². The van der Waals surface area contributed by atoms with Crippen LogP contribution in [-0.2, 0) is 9.59 Å². The SMILES string of the molecule is COc1cc([C@@H]2N=C(SCC(N)=O)NC(C)=C2C(=O)Nc2ccccc2)ccc1C. The number of aryl methyl sites for hydroxylation is 1. The number of nitrogens with zero attached hydrogens (tertiary/aromatic N) is 1. The van der Waals surface area contributed by atoms with Crippen LogP contribution in [0.1, 0.15) is 24.1 Å². The van der Waals surface area contributed by atoms with Crippen LogP contribution in [0, 0.1) is 6.92 Å². The van der Waals surface area contributed by atoms with Crippen LogP contribution < -0.4 is 21.1 Å². The lowest BCUT2D eigenvalue weighted by Crippen LogP contribution is -2.32. The summed E-state index contributed by atoms with van der Waals surface area (Å²) < 4.78 is 5.45. The number of rotatable bonds is 6. The van der Waals surface area contributed by atoms with Gasteiger partial charge in [-0.15, -0.1) is 0 Å². The molecule has 1 heterocycles. The van der Waals surface area contributed by atoms with E-state index in [4.69, 9.17) is 15.5 Å². The highest BCUT2D eigenvalue weighted by molar-refractivity contribution is 8.14. The van der Waals surface area contributed by atoms with Crippen molar-refractivity contribution in [2.24, 2.45) is 10.7 Å². The van der Waals surface area contributed by atoms with Gasteiger partial charge in [-0.1, -0.05) is 42.1 Å². The topological polar surface area (TPSA) is 106 Å². The Morgan fingerprint density at radius 1 is 1.20 bits per heavy atom. The first-order chi connectivity index (χ1) is 14.4. The number of methoxy groups -OCH3 is 1. The number of hydrogen-bond acceptors (Lipinski definition) is 6. The fraction of sp³-hybridized carbons (Fsp3) is 0.227. The molecule has 2 aromatic carbocycles. The number of aliphatic imine (C=N–C) groups is 1. The molecule has 0 fully saturated rings. The Kier molecular flexibility index (Phi) is 6.79. The van der Waals surface area contributed by atoms with E-state index in [2.05, 4.69) is 10.6 Å². The van der Waals surface area contributed by atoms with Crippen molar-refractivity contribution in [3.8, 4) is 5.75 Å². The van der Waals surface area contributed by atoms with Crippen molar-refractivity contribution in [1.29, 1.82) is 0 Å². The molecule has 156 valence electrons. The van der Waals surface area contributed by atoms with E-state index in [-0.39, 0.29) is 11.7 Å². The van der Waals surface area contributed by atoms with E-state index >= 15 is 0 Å². The lowest BCUT2D eigenvalue weighted by Gasteiger charge is -2.26. The summed E-state index contributed by atoms with van der Waals surface area (Å²) in [5.41, 5.74) is 8.92. The molecule has 0 radical (unpaired) electrons. The summed E-state index contributed by atoms with van der Waals surface area (Å²) in [5, 5.41) is 6.58. The predicted octanol–water partition coefficient (Wildman–Crippen LogP) is 3.14. The minimum absolute atomic E-state index is 0.0919. The fourth-order valence-electron chi connectivity index (χ4n) is 3.12. The van der Waals surface area contributed by atoms with Crippen LogP contribution in [0.3, 0.4) is 0 Å². The van der Waals surface area contributed by atoms with E-state index in [1.165, 1.54) is 11.8 Å². The van der Waals surface area contributed by atoms with E-state index in [0.29, 0.717) is 27.9 Å². The van der Waals surface area contributed by atoms with Crippen molar-refractivity contribution < 1.29 is 14.3 Å². The molecule has 4 N–H and O–H groups in total. The van der Waals surface area contributed by atoms with Gasteiger partial charge in [-0.25, -0.2) is 4.99 Å². The molecule has 0 aromatic heterocycles. The number of carbonyl (C=O) groups excluding carboxylic acids is 2. The summed E-state index contributed by atoms with van der Waals surface area (Å²) >= 11 is 1.21. The fourth-order valence-corrected chi connectivity index (χ4v) is 3.81. The van der Waals surface area contributed by atoms with Gasteiger partial charge in [-0.3, -0.25) is 9.59 Å². The molecule has 0 bridgehead atoms. The van der Waals surface area contributed by atoms with Gasteiger partial charge >= 0.3 is 0 Å². The van der Waals surface area contributed by atoms with Crippen LogP contribution in [0.25, 0.3) is 0 Å². The lowest BCUT2D eigenvalue weighted by molar-refractivity contribution is -0.115. The normalized spacial score (nSPS) is 15.8. The minimum atomic E-state index is -0.556. The second-order valence-electron chi connectivity index (χ2n) is 6.80. The monoisotopic (exact) mass is 424 g/mol. The molecule has 1 aliphatic heterocycles. The number of nitrogens with two attached hydrogens (primary N) is 1. The smallest absolute Gasteiger partial charge is 0.255 e. The number of hydrogen-bond donors (Lipinski definition) is 3. The van der Waals surface area contributed by atoms with Crippen molar-refractivity contribution in [3.05, 3.63) is 70.9 Å². The molecular weight excluding hydrogens is 400 g/mol. The van der Waals surface area contributed by atoms with Gasteiger partial charge in [0.2, 0.25) is 5.91 Å². The number of carbonyl (C=O) groups is 2. The van der Waals surface area contributed by atoms with E-state index in [1.54, 1.807) is 7.11 Å². The van der Waals surface area contributed by atoms with E-state index in [9.17, 15) is 9.59 Å². The molecule has 1 atom stereocenters. The molecule has 2 amide bonds. The number of para-hydroxylation sites is 1.